The van der Waals surface area contributed by atoms with Crippen molar-refractivity contribution in [1.82, 2.24) is 4.31 Å². The van der Waals surface area contributed by atoms with Crippen LogP contribution in [0.1, 0.15) is 34.6 Å². The molecule has 8 nitrogen and oxygen atoms in total. The van der Waals surface area contributed by atoms with Crippen molar-refractivity contribution in [3.8, 4) is 5.75 Å². The van der Waals surface area contributed by atoms with Crippen LogP contribution < -0.4 is 15.4 Å². The van der Waals surface area contributed by atoms with E-state index in [9.17, 15) is 18.0 Å². The lowest BCUT2D eigenvalue weighted by atomic mass is 10.1. The third-order valence-electron chi connectivity index (χ3n) is 5.29. The molecule has 2 N–H and O–H groups in total. The van der Waals surface area contributed by atoms with Crippen LogP contribution in [-0.4, -0.2) is 44.7 Å². The standard InChI is InChI=1S/C25H26ClN3O5S/c1-4-29(5-2)35(32,33)23-16-17(14-15-19(23)26)24(30)27-20-11-7-6-10-18(20)25(31)28-21-12-8-9-13-22(21)34-3/h6-16H,4-5H2,1-3H3,(H,27,30)(H,28,31). The molecule has 0 atom stereocenters. The number of halogens is 1. The monoisotopic (exact) mass is 515 g/mol. The van der Waals surface area contributed by atoms with Crippen LogP contribution in [0.3, 0.4) is 0 Å². The van der Waals surface area contributed by atoms with Crippen LogP contribution in [0.25, 0.3) is 0 Å². The Morgan fingerprint density at radius 3 is 2.14 bits per heavy atom. The number of anilines is 2. The van der Waals surface area contributed by atoms with Gasteiger partial charge in [-0.3, -0.25) is 9.59 Å². The molecular weight excluding hydrogens is 490 g/mol. The molecule has 0 unspecified atom stereocenters. The van der Waals surface area contributed by atoms with Gasteiger partial charge >= 0.3 is 0 Å². The zero-order valence-electron chi connectivity index (χ0n) is 19.5. The number of hydrogen-bond donors (Lipinski definition) is 2. The summed E-state index contributed by atoms with van der Waals surface area (Å²) in [6.45, 7) is 3.97. The number of carbonyl (C=O) groups is 2. The Morgan fingerprint density at radius 1 is 0.886 bits per heavy atom. The Kier molecular flexibility index (Phi) is 8.50. The minimum absolute atomic E-state index is 0.0186. The number of hydrogen-bond acceptors (Lipinski definition) is 5. The van der Waals surface area contributed by atoms with Gasteiger partial charge in [-0.05, 0) is 42.5 Å². The molecule has 0 aliphatic heterocycles. The van der Waals surface area contributed by atoms with E-state index in [4.69, 9.17) is 16.3 Å². The predicted molar refractivity (Wildman–Crippen MR) is 137 cm³/mol. The van der Waals surface area contributed by atoms with E-state index in [-0.39, 0.29) is 39.8 Å². The molecule has 3 aromatic carbocycles. The highest BCUT2D eigenvalue weighted by Crippen LogP contribution is 2.28. The summed E-state index contributed by atoms with van der Waals surface area (Å²) in [5.41, 5.74) is 1.04. The predicted octanol–water partition coefficient (Wildman–Crippen LogP) is 4.88. The summed E-state index contributed by atoms with van der Waals surface area (Å²) in [6.07, 6.45) is 0. The second-order valence-electron chi connectivity index (χ2n) is 7.39. The van der Waals surface area contributed by atoms with Crippen LogP contribution >= 0.6 is 11.6 Å². The summed E-state index contributed by atoms with van der Waals surface area (Å²) in [7, 11) is -2.38. The van der Waals surface area contributed by atoms with Gasteiger partial charge in [-0.2, -0.15) is 4.31 Å². The molecule has 0 fully saturated rings. The van der Waals surface area contributed by atoms with Gasteiger partial charge in [0.2, 0.25) is 10.0 Å². The topological polar surface area (TPSA) is 105 Å². The van der Waals surface area contributed by atoms with Gasteiger partial charge in [-0.15, -0.1) is 0 Å². The fraction of sp³-hybridized carbons (Fsp3) is 0.200. The Hall–Kier alpha value is -3.40. The van der Waals surface area contributed by atoms with E-state index in [1.54, 1.807) is 62.4 Å². The number of para-hydroxylation sites is 3. The van der Waals surface area contributed by atoms with Crippen molar-refractivity contribution in [2.75, 3.05) is 30.8 Å². The summed E-state index contributed by atoms with van der Waals surface area (Å²) in [4.78, 5) is 25.8. The molecule has 0 radical (unpaired) electrons. The van der Waals surface area contributed by atoms with Crippen molar-refractivity contribution in [2.45, 2.75) is 18.7 Å². The normalized spacial score (nSPS) is 11.2. The number of sulfonamides is 1. The minimum Gasteiger partial charge on any atom is -0.495 e. The molecule has 184 valence electrons. The first kappa shape index (κ1) is 26.2. The highest BCUT2D eigenvalue weighted by molar-refractivity contribution is 7.89. The van der Waals surface area contributed by atoms with Gasteiger partial charge in [0.25, 0.3) is 11.8 Å². The summed E-state index contributed by atoms with van der Waals surface area (Å²) < 4.78 is 32.5. The Bertz CT molecular complexity index is 1340. The van der Waals surface area contributed by atoms with Gasteiger partial charge in [0.1, 0.15) is 10.6 Å². The van der Waals surface area contributed by atoms with Crippen LogP contribution in [0.4, 0.5) is 11.4 Å². The molecule has 0 aliphatic carbocycles. The van der Waals surface area contributed by atoms with Crippen molar-refractivity contribution in [3.63, 3.8) is 0 Å². The number of ether oxygens (including phenoxy) is 1. The third-order valence-corrected chi connectivity index (χ3v) is 7.82. The number of nitrogens with zero attached hydrogens (tertiary/aromatic N) is 1. The van der Waals surface area contributed by atoms with Crippen LogP contribution in [0.2, 0.25) is 5.02 Å². The van der Waals surface area contributed by atoms with Crippen molar-refractivity contribution >= 4 is 44.8 Å². The SMILES string of the molecule is CCN(CC)S(=O)(=O)c1cc(C(=O)Nc2ccccc2C(=O)Nc2ccccc2OC)ccc1Cl. The van der Waals surface area contributed by atoms with E-state index in [1.807, 2.05) is 0 Å². The van der Waals surface area contributed by atoms with E-state index < -0.39 is 21.8 Å². The molecule has 0 spiro atoms. The van der Waals surface area contributed by atoms with Gasteiger partial charge in [-0.1, -0.05) is 49.7 Å². The van der Waals surface area contributed by atoms with Crippen LogP contribution in [0, 0.1) is 0 Å². The molecular formula is C25H26ClN3O5S. The molecule has 10 heteroatoms. The molecule has 0 bridgehead atoms. The second-order valence-corrected chi connectivity index (χ2v) is 9.70. The maximum Gasteiger partial charge on any atom is 0.257 e. The Labute approximate surface area is 209 Å². The molecule has 2 amide bonds. The molecule has 3 rings (SSSR count). The average Bonchev–Trinajstić information content (AvgIpc) is 2.85. The zero-order valence-corrected chi connectivity index (χ0v) is 21.1. The van der Waals surface area contributed by atoms with Crippen molar-refractivity contribution in [1.29, 1.82) is 0 Å². The molecule has 0 aliphatic rings. The van der Waals surface area contributed by atoms with Gasteiger partial charge in [-0.25, -0.2) is 8.42 Å². The van der Waals surface area contributed by atoms with Crippen LogP contribution in [0.5, 0.6) is 5.75 Å². The fourth-order valence-electron chi connectivity index (χ4n) is 3.47. The lowest BCUT2D eigenvalue weighted by Gasteiger charge is -2.19. The third kappa shape index (κ3) is 5.82. The van der Waals surface area contributed by atoms with Gasteiger partial charge in [0, 0.05) is 18.7 Å². The van der Waals surface area contributed by atoms with Crippen molar-refractivity contribution < 1.29 is 22.7 Å². The highest BCUT2D eigenvalue weighted by atomic mass is 35.5. The summed E-state index contributed by atoms with van der Waals surface area (Å²) in [6, 6.07) is 17.5. The Balaban J connectivity index is 1.89. The first-order chi connectivity index (χ1) is 16.7. The molecule has 0 saturated carbocycles. The molecule has 3 aromatic rings. The van der Waals surface area contributed by atoms with E-state index in [1.165, 1.54) is 29.6 Å². The number of carbonyl (C=O) groups excluding carboxylic acids is 2. The number of methoxy groups -OCH3 is 1. The first-order valence-electron chi connectivity index (χ1n) is 10.9. The second kappa shape index (κ2) is 11.4. The molecule has 0 heterocycles. The summed E-state index contributed by atoms with van der Waals surface area (Å²) in [5, 5.41) is 5.49. The molecule has 35 heavy (non-hydrogen) atoms. The van der Waals surface area contributed by atoms with E-state index in [0.717, 1.165) is 0 Å². The summed E-state index contributed by atoms with van der Waals surface area (Å²) >= 11 is 6.17. The van der Waals surface area contributed by atoms with Crippen molar-refractivity contribution in [2.24, 2.45) is 0 Å². The van der Waals surface area contributed by atoms with E-state index in [0.29, 0.717) is 11.4 Å². The molecule has 0 saturated heterocycles. The average molecular weight is 516 g/mol. The first-order valence-corrected chi connectivity index (χ1v) is 12.7. The van der Waals surface area contributed by atoms with Crippen LogP contribution in [0.15, 0.2) is 71.6 Å². The quantitative estimate of drug-likeness (QED) is 0.422. The van der Waals surface area contributed by atoms with Gasteiger partial charge in [0.05, 0.1) is 29.1 Å². The zero-order chi connectivity index (χ0) is 25.6. The number of nitrogens with one attached hydrogen (secondary N) is 2. The van der Waals surface area contributed by atoms with E-state index >= 15 is 0 Å². The lowest BCUT2D eigenvalue weighted by Crippen LogP contribution is -2.31. The summed E-state index contributed by atoms with van der Waals surface area (Å²) in [5.74, 6) is -0.549. The van der Waals surface area contributed by atoms with Crippen LogP contribution in [-0.2, 0) is 10.0 Å². The molecule has 0 aromatic heterocycles. The lowest BCUT2D eigenvalue weighted by molar-refractivity contribution is 0.102. The number of benzene rings is 3. The Morgan fingerprint density at radius 2 is 1.49 bits per heavy atom. The fourth-order valence-corrected chi connectivity index (χ4v) is 5.43. The smallest absolute Gasteiger partial charge is 0.257 e. The number of amides is 2. The maximum atomic E-state index is 13.0. The van der Waals surface area contributed by atoms with E-state index in [2.05, 4.69) is 10.6 Å². The largest absolute Gasteiger partial charge is 0.495 e. The van der Waals surface area contributed by atoms with Gasteiger partial charge in [0.15, 0.2) is 0 Å². The minimum atomic E-state index is -3.88. The van der Waals surface area contributed by atoms with Crippen molar-refractivity contribution in [3.05, 3.63) is 82.9 Å². The highest BCUT2D eigenvalue weighted by Gasteiger charge is 2.26. The number of rotatable bonds is 9. The maximum absolute atomic E-state index is 13.0. The van der Waals surface area contributed by atoms with Gasteiger partial charge < -0.3 is 15.4 Å².